The van der Waals surface area contributed by atoms with Crippen LogP contribution >= 0.6 is 12.4 Å². The summed E-state index contributed by atoms with van der Waals surface area (Å²) in [6, 6.07) is 7.64. The van der Waals surface area contributed by atoms with Crippen molar-refractivity contribution in [3.8, 4) is 0 Å². The second kappa shape index (κ2) is 6.57. The van der Waals surface area contributed by atoms with Gasteiger partial charge in [-0.3, -0.25) is 4.79 Å². The van der Waals surface area contributed by atoms with Gasteiger partial charge in [-0.2, -0.15) is 0 Å². The highest BCUT2D eigenvalue weighted by atomic mass is 35.5. The van der Waals surface area contributed by atoms with Crippen molar-refractivity contribution in [3.05, 3.63) is 35.4 Å². The van der Waals surface area contributed by atoms with Crippen molar-refractivity contribution in [2.45, 2.75) is 31.4 Å². The maximum Gasteiger partial charge on any atom is 0.234 e. The van der Waals surface area contributed by atoms with Crippen LogP contribution < -0.4 is 10.6 Å². The third-order valence-corrected chi connectivity index (χ3v) is 3.94. The Hall–Kier alpha value is -1.10. The molecule has 1 amide bonds. The van der Waals surface area contributed by atoms with Crippen LogP contribution in [0.2, 0.25) is 0 Å². The van der Waals surface area contributed by atoms with E-state index in [4.69, 9.17) is 0 Å². The molecule has 5 heteroatoms. The number of fused-ring (bicyclic) bond motifs is 1. The second-order valence-electron chi connectivity index (χ2n) is 5.59. The Kier molecular flexibility index (Phi) is 5.02. The molecule has 1 fully saturated rings. The molecule has 1 aromatic rings. The van der Waals surface area contributed by atoms with Gasteiger partial charge in [0.15, 0.2) is 0 Å². The third-order valence-electron chi connectivity index (χ3n) is 3.94. The number of aliphatic hydroxyl groups is 1. The van der Waals surface area contributed by atoms with Gasteiger partial charge in [0.2, 0.25) is 5.91 Å². The lowest BCUT2D eigenvalue weighted by atomic mass is 10.1. The van der Waals surface area contributed by atoms with Crippen molar-refractivity contribution in [2.24, 2.45) is 5.92 Å². The van der Waals surface area contributed by atoms with Gasteiger partial charge < -0.3 is 15.7 Å². The summed E-state index contributed by atoms with van der Waals surface area (Å²) in [6.45, 7) is 1.26. The molecule has 0 saturated heterocycles. The molecule has 0 aliphatic heterocycles. The van der Waals surface area contributed by atoms with Crippen LogP contribution in [0.25, 0.3) is 0 Å². The monoisotopic (exact) mass is 296 g/mol. The molecule has 3 rings (SSSR count). The van der Waals surface area contributed by atoms with E-state index in [0.29, 0.717) is 13.0 Å². The van der Waals surface area contributed by atoms with Crippen LogP contribution in [-0.2, 0) is 11.2 Å². The molecule has 4 nitrogen and oxygen atoms in total. The van der Waals surface area contributed by atoms with Crippen molar-refractivity contribution < 1.29 is 9.90 Å². The number of hydrogen-bond donors (Lipinski definition) is 3. The molecule has 2 aliphatic carbocycles. The minimum atomic E-state index is -0.509. The SMILES string of the molecule is Cl.O=C(CNCC1CC1)N[C@@H]1c2ccccc2C[C@@H]1O. The van der Waals surface area contributed by atoms with Crippen LogP contribution in [-0.4, -0.2) is 30.2 Å². The van der Waals surface area contributed by atoms with E-state index in [0.717, 1.165) is 23.6 Å². The average Bonchev–Trinajstić information content (AvgIpc) is 3.16. The largest absolute Gasteiger partial charge is 0.390 e. The van der Waals surface area contributed by atoms with E-state index in [1.807, 2.05) is 24.3 Å². The van der Waals surface area contributed by atoms with Crippen LogP contribution in [0.3, 0.4) is 0 Å². The minimum Gasteiger partial charge on any atom is -0.390 e. The molecule has 0 heterocycles. The molecule has 2 aliphatic rings. The minimum absolute atomic E-state index is 0. The van der Waals surface area contributed by atoms with E-state index < -0.39 is 6.10 Å². The van der Waals surface area contributed by atoms with Crippen molar-refractivity contribution in [1.29, 1.82) is 0 Å². The maximum absolute atomic E-state index is 11.9. The molecule has 2 atom stereocenters. The van der Waals surface area contributed by atoms with E-state index in [2.05, 4.69) is 10.6 Å². The third kappa shape index (κ3) is 3.51. The first kappa shape index (κ1) is 15.3. The van der Waals surface area contributed by atoms with Gasteiger partial charge in [-0.15, -0.1) is 12.4 Å². The Morgan fingerprint density at radius 2 is 2.05 bits per heavy atom. The second-order valence-corrected chi connectivity index (χ2v) is 5.59. The predicted octanol–water partition coefficient (Wildman–Crippen LogP) is 1.18. The van der Waals surface area contributed by atoms with Crippen LogP contribution in [0.1, 0.15) is 30.0 Å². The molecular weight excluding hydrogens is 276 g/mol. The maximum atomic E-state index is 11.9. The van der Waals surface area contributed by atoms with Gasteiger partial charge in [0.25, 0.3) is 0 Å². The summed E-state index contributed by atoms with van der Waals surface area (Å²) in [6.07, 6.45) is 2.67. The Bertz CT molecular complexity index is 477. The van der Waals surface area contributed by atoms with E-state index in [9.17, 15) is 9.90 Å². The van der Waals surface area contributed by atoms with E-state index in [-0.39, 0.29) is 24.4 Å². The number of hydrogen-bond acceptors (Lipinski definition) is 3. The van der Waals surface area contributed by atoms with Crippen LogP contribution in [0.5, 0.6) is 0 Å². The molecule has 1 saturated carbocycles. The van der Waals surface area contributed by atoms with Crippen molar-refractivity contribution in [3.63, 3.8) is 0 Å². The first-order valence-corrected chi connectivity index (χ1v) is 7.00. The quantitative estimate of drug-likeness (QED) is 0.765. The van der Waals surface area contributed by atoms with Gasteiger partial charge >= 0.3 is 0 Å². The zero-order chi connectivity index (χ0) is 13.2. The van der Waals surface area contributed by atoms with E-state index in [1.165, 1.54) is 12.8 Å². The van der Waals surface area contributed by atoms with Crippen molar-refractivity contribution >= 4 is 18.3 Å². The molecule has 20 heavy (non-hydrogen) atoms. The zero-order valence-electron chi connectivity index (χ0n) is 11.3. The van der Waals surface area contributed by atoms with Crippen LogP contribution in [0, 0.1) is 5.92 Å². The van der Waals surface area contributed by atoms with Gasteiger partial charge in [0, 0.05) is 6.42 Å². The number of halogens is 1. The molecule has 0 bridgehead atoms. The van der Waals surface area contributed by atoms with E-state index in [1.54, 1.807) is 0 Å². The number of benzene rings is 1. The van der Waals surface area contributed by atoms with Crippen LogP contribution in [0.15, 0.2) is 24.3 Å². The Morgan fingerprint density at radius 1 is 1.30 bits per heavy atom. The number of amides is 1. The number of nitrogens with one attached hydrogen (secondary N) is 2. The van der Waals surface area contributed by atoms with Gasteiger partial charge in [0.05, 0.1) is 18.7 Å². The summed E-state index contributed by atoms with van der Waals surface area (Å²) < 4.78 is 0. The number of rotatable bonds is 5. The molecule has 0 radical (unpaired) electrons. The van der Waals surface area contributed by atoms with Crippen LogP contribution in [0.4, 0.5) is 0 Å². The van der Waals surface area contributed by atoms with Crippen molar-refractivity contribution in [1.82, 2.24) is 10.6 Å². The first-order valence-electron chi connectivity index (χ1n) is 7.00. The molecule has 0 unspecified atom stereocenters. The highest BCUT2D eigenvalue weighted by molar-refractivity contribution is 5.85. The van der Waals surface area contributed by atoms with Gasteiger partial charge in [-0.25, -0.2) is 0 Å². The lowest BCUT2D eigenvalue weighted by Gasteiger charge is -2.18. The number of carbonyl (C=O) groups excluding carboxylic acids is 1. The zero-order valence-corrected chi connectivity index (χ0v) is 12.2. The summed E-state index contributed by atoms with van der Waals surface area (Å²) >= 11 is 0. The standard InChI is InChI=1S/C15H20N2O2.ClH/c18-13-7-11-3-1-2-4-12(11)15(13)17-14(19)9-16-8-10-5-6-10;/h1-4,10,13,15-16,18H,5-9H2,(H,17,19);1H/t13-,15+;/m0./s1. The summed E-state index contributed by atoms with van der Waals surface area (Å²) in [5, 5.41) is 16.1. The Morgan fingerprint density at radius 3 is 2.80 bits per heavy atom. The summed E-state index contributed by atoms with van der Waals surface area (Å²) in [7, 11) is 0. The molecule has 0 spiro atoms. The fraction of sp³-hybridized carbons (Fsp3) is 0.533. The molecule has 0 aromatic heterocycles. The topological polar surface area (TPSA) is 61.4 Å². The van der Waals surface area contributed by atoms with Crippen molar-refractivity contribution in [2.75, 3.05) is 13.1 Å². The molecular formula is C15H21ClN2O2. The lowest BCUT2D eigenvalue weighted by molar-refractivity contribution is -0.121. The summed E-state index contributed by atoms with van der Waals surface area (Å²) in [5.41, 5.74) is 2.18. The number of aliphatic hydroxyl groups excluding tert-OH is 1. The molecule has 110 valence electrons. The van der Waals surface area contributed by atoms with Gasteiger partial charge in [0.1, 0.15) is 0 Å². The fourth-order valence-electron chi connectivity index (χ4n) is 2.68. The van der Waals surface area contributed by atoms with Gasteiger partial charge in [-0.1, -0.05) is 24.3 Å². The highest BCUT2D eigenvalue weighted by Gasteiger charge is 2.31. The molecule has 1 aromatic carbocycles. The summed E-state index contributed by atoms with van der Waals surface area (Å²) in [4.78, 5) is 11.9. The lowest BCUT2D eigenvalue weighted by Crippen LogP contribution is -2.39. The average molecular weight is 297 g/mol. The first-order chi connectivity index (χ1) is 9.24. The predicted molar refractivity (Wildman–Crippen MR) is 79.9 cm³/mol. The Labute approximate surface area is 125 Å². The fourth-order valence-corrected chi connectivity index (χ4v) is 2.68. The van der Waals surface area contributed by atoms with Gasteiger partial charge in [-0.05, 0) is 36.4 Å². The smallest absolute Gasteiger partial charge is 0.234 e. The molecule has 3 N–H and O–H groups in total. The normalized spacial score (nSPS) is 23.9. The Balaban J connectivity index is 0.00000147. The number of carbonyl (C=O) groups is 1. The summed E-state index contributed by atoms with van der Waals surface area (Å²) in [5.74, 6) is 0.729. The highest BCUT2D eigenvalue weighted by Crippen LogP contribution is 2.31. The van der Waals surface area contributed by atoms with E-state index >= 15 is 0 Å².